The van der Waals surface area contributed by atoms with Crippen molar-refractivity contribution in [2.24, 2.45) is 5.92 Å². The molecule has 0 unspecified atom stereocenters. The second kappa shape index (κ2) is 9.80. The summed E-state index contributed by atoms with van der Waals surface area (Å²) in [6.45, 7) is 7.09. The van der Waals surface area contributed by atoms with Gasteiger partial charge in [-0.1, -0.05) is 0 Å². The number of hydrogen-bond donors (Lipinski definition) is 2. The minimum absolute atomic E-state index is 0.0295. The molecule has 3 rings (SSSR count). The van der Waals surface area contributed by atoms with Gasteiger partial charge in [-0.15, -0.1) is 0 Å². The van der Waals surface area contributed by atoms with Gasteiger partial charge in [0.05, 0.1) is 13.7 Å². The number of amides is 2. The van der Waals surface area contributed by atoms with E-state index in [4.69, 9.17) is 9.47 Å². The van der Waals surface area contributed by atoms with Crippen LogP contribution in [-0.4, -0.2) is 57.9 Å². The van der Waals surface area contributed by atoms with Crippen LogP contribution in [0, 0.1) is 5.92 Å². The summed E-state index contributed by atoms with van der Waals surface area (Å²) in [5, 5.41) is 9.97. The first-order valence-electron chi connectivity index (χ1n) is 10.5. The molecular weight excluding hydrogens is 398 g/mol. The van der Waals surface area contributed by atoms with Crippen LogP contribution < -0.4 is 10.1 Å². The molecular formula is C22H31N5O4. The number of nitrogens with one attached hydrogen (secondary N) is 2. The SMILES string of the molecule is COc1ccc(-c2n[nH]c(CNC(=O)CC3CCN(C(=O)OC(C)(C)C)CC3)n2)cc1. The van der Waals surface area contributed by atoms with E-state index in [9.17, 15) is 9.59 Å². The molecule has 2 amide bonds. The third-order valence-electron chi connectivity index (χ3n) is 5.07. The van der Waals surface area contributed by atoms with Gasteiger partial charge in [-0.25, -0.2) is 9.78 Å². The first-order chi connectivity index (χ1) is 14.7. The molecule has 1 aliphatic heterocycles. The highest BCUT2D eigenvalue weighted by molar-refractivity contribution is 5.76. The van der Waals surface area contributed by atoms with E-state index in [1.807, 2.05) is 45.0 Å². The number of likely N-dealkylation sites (tertiary alicyclic amines) is 1. The number of aromatic nitrogens is 3. The number of benzene rings is 1. The maximum Gasteiger partial charge on any atom is 0.410 e. The van der Waals surface area contributed by atoms with Crippen LogP contribution >= 0.6 is 0 Å². The van der Waals surface area contributed by atoms with E-state index in [0.29, 0.717) is 37.7 Å². The predicted molar refractivity (Wildman–Crippen MR) is 115 cm³/mol. The molecule has 0 radical (unpaired) electrons. The van der Waals surface area contributed by atoms with E-state index < -0.39 is 5.60 Å². The molecule has 0 spiro atoms. The topological polar surface area (TPSA) is 109 Å². The predicted octanol–water partition coefficient (Wildman–Crippen LogP) is 3.13. The Morgan fingerprint density at radius 3 is 2.48 bits per heavy atom. The Labute approximate surface area is 182 Å². The number of aromatic amines is 1. The van der Waals surface area contributed by atoms with Gasteiger partial charge in [-0.2, -0.15) is 5.10 Å². The summed E-state index contributed by atoms with van der Waals surface area (Å²) >= 11 is 0. The summed E-state index contributed by atoms with van der Waals surface area (Å²) in [5.74, 6) is 2.16. The third kappa shape index (κ3) is 6.70. The van der Waals surface area contributed by atoms with Crippen LogP contribution in [0.1, 0.15) is 45.9 Å². The fourth-order valence-electron chi connectivity index (χ4n) is 3.41. The van der Waals surface area contributed by atoms with Crippen LogP contribution in [0.15, 0.2) is 24.3 Å². The lowest BCUT2D eigenvalue weighted by atomic mass is 9.93. The summed E-state index contributed by atoms with van der Waals surface area (Å²) < 4.78 is 10.6. The lowest BCUT2D eigenvalue weighted by Gasteiger charge is -2.33. The smallest absolute Gasteiger partial charge is 0.410 e. The van der Waals surface area contributed by atoms with Crippen molar-refractivity contribution in [2.75, 3.05) is 20.2 Å². The number of methoxy groups -OCH3 is 1. The number of nitrogens with zero attached hydrogens (tertiary/aromatic N) is 3. The van der Waals surface area contributed by atoms with Crippen molar-refractivity contribution < 1.29 is 19.1 Å². The van der Waals surface area contributed by atoms with Crippen molar-refractivity contribution >= 4 is 12.0 Å². The number of H-pyrrole nitrogens is 1. The molecule has 9 heteroatoms. The first-order valence-corrected chi connectivity index (χ1v) is 10.5. The minimum atomic E-state index is -0.498. The maximum absolute atomic E-state index is 12.3. The number of piperidine rings is 1. The Kier molecular flexibility index (Phi) is 7.14. The lowest BCUT2D eigenvalue weighted by Crippen LogP contribution is -2.42. The highest BCUT2D eigenvalue weighted by Crippen LogP contribution is 2.22. The van der Waals surface area contributed by atoms with Crippen molar-refractivity contribution in [2.45, 2.75) is 52.2 Å². The van der Waals surface area contributed by atoms with Gasteiger partial charge in [-0.05, 0) is 63.8 Å². The molecule has 168 valence electrons. The highest BCUT2D eigenvalue weighted by atomic mass is 16.6. The number of rotatable bonds is 6. The van der Waals surface area contributed by atoms with Crippen LogP contribution in [0.4, 0.5) is 4.79 Å². The van der Waals surface area contributed by atoms with E-state index in [1.54, 1.807) is 12.0 Å². The molecule has 1 aromatic carbocycles. The molecule has 2 aromatic rings. The molecule has 2 N–H and O–H groups in total. The fraction of sp³-hybridized carbons (Fsp3) is 0.545. The van der Waals surface area contributed by atoms with Gasteiger partial charge >= 0.3 is 6.09 Å². The molecule has 31 heavy (non-hydrogen) atoms. The zero-order valence-electron chi connectivity index (χ0n) is 18.6. The fourth-order valence-corrected chi connectivity index (χ4v) is 3.41. The normalized spacial score (nSPS) is 14.9. The number of ether oxygens (including phenoxy) is 2. The Balaban J connectivity index is 1.41. The monoisotopic (exact) mass is 429 g/mol. The average molecular weight is 430 g/mol. The van der Waals surface area contributed by atoms with Gasteiger partial charge in [0.1, 0.15) is 17.2 Å². The molecule has 0 bridgehead atoms. The van der Waals surface area contributed by atoms with Crippen molar-refractivity contribution in [3.8, 4) is 17.1 Å². The Bertz CT molecular complexity index is 880. The van der Waals surface area contributed by atoms with Gasteiger partial charge in [0, 0.05) is 25.1 Å². The number of carbonyl (C=O) groups excluding carboxylic acids is 2. The van der Waals surface area contributed by atoms with Crippen molar-refractivity contribution in [1.82, 2.24) is 25.4 Å². The van der Waals surface area contributed by atoms with E-state index in [2.05, 4.69) is 20.5 Å². The average Bonchev–Trinajstić information content (AvgIpc) is 3.21. The van der Waals surface area contributed by atoms with Gasteiger partial charge in [0.15, 0.2) is 5.82 Å². The van der Waals surface area contributed by atoms with E-state index >= 15 is 0 Å². The first kappa shape index (κ1) is 22.6. The third-order valence-corrected chi connectivity index (χ3v) is 5.07. The lowest BCUT2D eigenvalue weighted by molar-refractivity contribution is -0.122. The quantitative estimate of drug-likeness (QED) is 0.730. The van der Waals surface area contributed by atoms with Crippen LogP contribution in [0.3, 0.4) is 0 Å². The summed E-state index contributed by atoms with van der Waals surface area (Å²) in [7, 11) is 1.62. The zero-order chi connectivity index (χ0) is 22.4. The van der Waals surface area contributed by atoms with Gasteiger partial charge in [0.2, 0.25) is 5.91 Å². The number of hydrogen-bond acceptors (Lipinski definition) is 6. The standard InChI is InChI=1S/C22H31N5O4/c1-22(2,3)31-21(29)27-11-9-15(10-12-27)13-19(28)23-14-18-24-20(26-25-18)16-5-7-17(30-4)8-6-16/h5-8,15H,9-14H2,1-4H3,(H,23,28)(H,24,25,26). The zero-order valence-corrected chi connectivity index (χ0v) is 18.6. The molecule has 1 aliphatic rings. The summed E-state index contributed by atoms with van der Waals surface area (Å²) in [4.78, 5) is 30.6. The van der Waals surface area contributed by atoms with E-state index in [-0.39, 0.29) is 17.9 Å². The molecule has 1 aromatic heterocycles. The Morgan fingerprint density at radius 2 is 1.87 bits per heavy atom. The molecule has 0 aliphatic carbocycles. The van der Waals surface area contributed by atoms with Crippen LogP contribution in [0.5, 0.6) is 5.75 Å². The Morgan fingerprint density at radius 1 is 1.19 bits per heavy atom. The van der Waals surface area contributed by atoms with Crippen molar-refractivity contribution in [1.29, 1.82) is 0 Å². The molecule has 0 saturated carbocycles. The van der Waals surface area contributed by atoms with E-state index in [1.165, 1.54) is 0 Å². The highest BCUT2D eigenvalue weighted by Gasteiger charge is 2.27. The van der Waals surface area contributed by atoms with Gasteiger partial charge in [0.25, 0.3) is 0 Å². The van der Waals surface area contributed by atoms with Crippen LogP contribution in [0.2, 0.25) is 0 Å². The van der Waals surface area contributed by atoms with E-state index in [0.717, 1.165) is 24.2 Å². The Hall–Kier alpha value is -3.10. The van der Waals surface area contributed by atoms with Crippen molar-refractivity contribution in [3.63, 3.8) is 0 Å². The molecule has 1 fully saturated rings. The molecule has 9 nitrogen and oxygen atoms in total. The maximum atomic E-state index is 12.3. The molecule has 2 heterocycles. The second-order valence-corrected chi connectivity index (χ2v) is 8.73. The summed E-state index contributed by atoms with van der Waals surface area (Å²) in [6, 6.07) is 7.46. The van der Waals surface area contributed by atoms with Crippen LogP contribution in [-0.2, 0) is 16.1 Å². The largest absolute Gasteiger partial charge is 0.497 e. The summed E-state index contributed by atoms with van der Waals surface area (Å²) in [6.07, 6.45) is 1.72. The summed E-state index contributed by atoms with van der Waals surface area (Å²) in [5.41, 5.74) is 0.369. The minimum Gasteiger partial charge on any atom is -0.497 e. The van der Waals surface area contributed by atoms with Crippen LogP contribution in [0.25, 0.3) is 11.4 Å². The number of carbonyl (C=O) groups is 2. The van der Waals surface area contributed by atoms with Gasteiger partial charge < -0.3 is 19.7 Å². The van der Waals surface area contributed by atoms with Crippen molar-refractivity contribution in [3.05, 3.63) is 30.1 Å². The molecule has 0 atom stereocenters. The second-order valence-electron chi connectivity index (χ2n) is 8.73. The molecule has 1 saturated heterocycles. The van der Waals surface area contributed by atoms with Gasteiger partial charge in [-0.3, -0.25) is 9.89 Å².